The Morgan fingerprint density at radius 2 is 2.12 bits per heavy atom. The third-order valence-electron chi connectivity index (χ3n) is 2.84. The van der Waals surface area contributed by atoms with Crippen LogP contribution in [0.5, 0.6) is 5.75 Å². The minimum absolute atomic E-state index is 0.313. The van der Waals surface area contributed by atoms with Crippen LogP contribution in [0.4, 0.5) is 0 Å². The summed E-state index contributed by atoms with van der Waals surface area (Å²) in [4.78, 5) is 0. The highest BCUT2D eigenvalue weighted by atomic mass is 16.5. The average molecular weight is 221 g/mol. The number of morpholine rings is 1. The number of hydrogen-bond acceptors (Lipinski definition) is 3. The number of nitrogens with one attached hydrogen (secondary N) is 1. The van der Waals surface area contributed by atoms with Crippen LogP contribution < -0.4 is 10.1 Å². The van der Waals surface area contributed by atoms with E-state index in [2.05, 4.69) is 37.4 Å². The van der Waals surface area contributed by atoms with Gasteiger partial charge in [-0.15, -0.1) is 0 Å². The maximum Gasteiger partial charge on any atom is 0.125 e. The second-order valence-electron chi connectivity index (χ2n) is 4.26. The zero-order chi connectivity index (χ0) is 11.4. The highest BCUT2D eigenvalue weighted by Crippen LogP contribution is 2.22. The van der Waals surface area contributed by atoms with Crippen LogP contribution in [0.3, 0.4) is 0 Å². The Bertz CT molecular complexity index is 326. The second-order valence-corrected chi connectivity index (χ2v) is 4.26. The van der Waals surface area contributed by atoms with Crippen LogP contribution in [0.15, 0.2) is 18.2 Å². The van der Waals surface area contributed by atoms with Gasteiger partial charge in [0.15, 0.2) is 0 Å². The molecule has 3 nitrogen and oxygen atoms in total. The minimum Gasteiger partial charge on any atom is -0.491 e. The SMILES string of the molecule is Cc1cccc(C)c1OCC1COCCN1. The van der Waals surface area contributed by atoms with Crippen LogP contribution in [0.25, 0.3) is 0 Å². The molecule has 1 aliphatic rings. The Hall–Kier alpha value is -1.06. The molecule has 1 aliphatic heterocycles. The second kappa shape index (κ2) is 5.32. The van der Waals surface area contributed by atoms with Crippen molar-refractivity contribution >= 4 is 0 Å². The van der Waals surface area contributed by atoms with Crippen LogP contribution in [-0.2, 0) is 4.74 Å². The molecule has 1 saturated heterocycles. The van der Waals surface area contributed by atoms with Gasteiger partial charge < -0.3 is 14.8 Å². The summed E-state index contributed by atoms with van der Waals surface area (Å²) in [6, 6.07) is 6.52. The summed E-state index contributed by atoms with van der Waals surface area (Å²) in [5, 5.41) is 3.38. The third-order valence-corrected chi connectivity index (χ3v) is 2.84. The summed E-state index contributed by atoms with van der Waals surface area (Å²) < 4.78 is 11.3. The van der Waals surface area contributed by atoms with Crippen LogP contribution in [-0.4, -0.2) is 32.4 Å². The van der Waals surface area contributed by atoms with Crippen molar-refractivity contribution in [2.24, 2.45) is 0 Å². The van der Waals surface area contributed by atoms with E-state index in [0.29, 0.717) is 12.6 Å². The van der Waals surface area contributed by atoms with E-state index in [1.807, 2.05) is 0 Å². The maximum atomic E-state index is 5.86. The van der Waals surface area contributed by atoms with Crippen molar-refractivity contribution in [1.29, 1.82) is 0 Å². The first-order valence-electron chi connectivity index (χ1n) is 5.77. The van der Waals surface area contributed by atoms with Crippen molar-refractivity contribution in [1.82, 2.24) is 5.32 Å². The first-order chi connectivity index (χ1) is 7.77. The molecule has 1 aromatic carbocycles. The zero-order valence-corrected chi connectivity index (χ0v) is 9.95. The predicted octanol–water partition coefficient (Wildman–Crippen LogP) is 1.67. The van der Waals surface area contributed by atoms with E-state index in [1.165, 1.54) is 11.1 Å². The summed E-state index contributed by atoms with van der Waals surface area (Å²) in [5.74, 6) is 1.01. The number of para-hydroxylation sites is 1. The Morgan fingerprint density at radius 3 is 2.75 bits per heavy atom. The predicted molar refractivity (Wildman–Crippen MR) is 64.0 cm³/mol. The molecule has 0 bridgehead atoms. The Morgan fingerprint density at radius 1 is 1.38 bits per heavy atom. The van der Waals surface area contributed by atoms with Crippen molar-refractivity contribution in [3.8, 4) is 5.75 Å². The van der Waals surface area contributed by atoms with Gasteiger partial charge in [-0.3, -0.25) is 0 Å². The van der Waals surface area contributed by atoms with Gasteiger partial charge in [0.2, 0.25) is 0 Å². The van der Waals surface area contributed by atoms with E-state index in [1.54, 1.807) is 0 Å². The molecule has 0 saturated carbocycles. The number of ether oxygens (including phenoxy) is 2. The summed E-state index contributed by atoms with van der Waals surface area (Å²) in [6.07, 6.45) is 0. The fourth-order valence-corrected chi connectivity index (χ4v) is 1.94. The number of rotatable bonds is 3. The smallest absolute Gasteiger partial charge is 0.125 e. The van der Waals surface area contributed by atoms with Crippen molar-refractivity contribution in [2.75, 3.05) is 26.4 Å². The Labute approximate surface area is 96.8 Å². The average Bonchev–Trinajstić information content (AvgIpc) is 2.30. The molecular weight excluding hydrogens is 202 g/mol. The minimum atomic E-state index is 0.313. The molecule has 1 fully saturated rings. The van der Waals surface area contributed by atoms with Gasteiger partial charge in [0, 0.05) is 6.54 Å². The molecule has 16 heavy (non-hydrogen) atoms. The number of aryl methyl sites for hydroxylation is 2. The van der Waals surface area contributed by atoms with Gasteiger partial charge in [-0.1, -0.05) is 18.2 Å². The van der Waals surface area contributed by atoms with Crippen molar-refractivity contribution in [3.05, 3.63) is 29.3 Å². The normalized spacial score (nSPS) is 20.8. The third kappa shape index (κ3) is 2.74. The number of benzene rings is 1. The molecule has 0 amide bonds. The molecule has 0 aliphatic carbocycles. The molecular formula is C13H19NO2. The van der Waals surface area contributed by atoms with E-state index in [4.69, 9.17) is 9.47 Å². The summed E-state index contributed by atoms with van der Waals surface area (Å²) in [7, 11) is 0. The first kappa shape index (κ1) is 11.4. The van der Waals surface area contributed by atoms with E-state index in [-0.39, 0.29) is 0 Å². The maximum absolute atomic E-state index is 5.86. The topological polar surface area (TPSA) is 30.5 Å². The standard InChI is InChI=1S/C13H19NO2/c1-10-4-3-5-11(2)13(10)16-9-12-8-15-7-6-14-12/h3-5,12,14H,6-9H2,1-2H3. The van der Waals surface area contributed by atoms with Gasteiger partial charge in [-0.25, -0.2) is 0 Å². The summed E-state index contributed by atoms with van der Waals surface area (Å²) in [5.41, 5.74) is 2.38. The highest BCUT2D eigenvalue weighted by Gasteiger charge is 2.14. The highest BCUT2D eigenvalue weighted by molar-refractivity contribution is 5.39. The van der Waals surface area contributed by atoms with E-state index in [9.17, 15) is 0 Å². The van der Waals surface area contributed by atoms with Gasteiger partial charge in [-0.2, -0.15) is 0 Å². The Kier molecular flexibility index (Phi) is 3.80. The van der Waals surface area contributed by atoms with Crippen LogP contribution in [0.1, 0.15) is 11.1 Å². The van der Waals surface area contributed by atoms with Gasteiger partial charge in [0.05, 0.1) is 19.3 Å². The lowest BCUT2D eigenvalue weighted by Crippen LogP contribution is -2.44. The molecule has 3 heteroatoms. The quantitative estimate of drug-likeness (QED) is 0.842. The molecule has 0 aromatic heterocycles. The molecule has 0 spiro atoms. The largest absolute Gasteiger partial charge is 0.491 e. The van der Waals surface area contributed by atoms with E-state index < -0.39 is 0 Å². The van der Waals surface area contributed by atoms with Crippen molar-refractivity contribution < 1.29 is 9.47 Å². The van der Waals surface area contributed by atoms with Crippen LogP contribution in [0, 0.1) is 13.8 Å². The van der Waals surface area contributed by atoms with Crippen LogP contribution >= 0.6 is 0 Å². The molecule has 1 unspecified atom stereocenters. The first-order valence-corrected chi connectivity index (χ1v) is 5.77. The molecule has 1 aromatic rings. The van der Waals surface area contributed by atoms with E-state index >= 15 is 0 Å². The van der Waals surface area contributed by atoms with Crippen molar-refractivity contribution in [2.45, 2.75) is 19.9 Å². The lowest BCUT2D eigenvalue weighted by atomic mass is 10.1. The fourth-order valence-electron chi connectivity index (χ4n) is 1.94. The lowest BCUT2D eigenvalue weighted by molar-refractivity contribution is 0.0590. The molecule has 2 rings (SSSR count). The van der Waals surface area contributed by atoms with Crippen molar-refractivity contribution in [3.63, 3.8) is 0 Å². The molecule has 1 heterocycles. The van der Waals surface area contributed by atoms with Crippen LogP contribution in [0.2, 0.25) is 0 Å². The van der Waals surface area contributed by atoms with Gasteiger partial charge in [0.1, 0.15) is 12.4 Å². The molecule has 0 radical (unpaired) electrons. The van der Waals surface area contributed by atoms with Gasteiger partial charge in [-0.05, 0) is 25.0 Å². The summed E-state index contributed by atoms with van der Waals surface area (Å²) >= 11 is 0. The molecule has 1 N–H and O–H groups in total. The van der Waals surface area contributed by atoms with E-state index in [0.717, 1.165) is 25.5 Å². The molecule has 88 valence electrons. The monoisotopic (exact) mass is 221 g/mol. The van der Waals surface area contributed by atoms with Gasteiger partial charge >= 0.3 is 0 Å². The zero-order valence-electron chi connectivity index (χ0n) is 9.95. The lowest BCUT2D eigenvalue weighted by Gasteiger charge is -2.24. The fraction of sp³-hybridized carbons (Fsp3) is 0.538. The molecule has 1 atom stereocenters. The summed E-state index contributed by atoms with van der Waals surface area (Å²) in [6.45, 7) is 7.29. The van der Waals surface area contributed by atoms with Gasteiger partial charge in [0.25, 0.3) is 0 Å². The number of hydrogen-bond donors (Lipinski definition) is 1. The Balaban J connectivity index is 1.93.